The summed E-state index contributed by atoms with van der Waals surface area (Å²) in [5.74, 6) is 0. The number of fused-ring (bicyclic) bond motifs is 5. The monoisotopic (exact) mass is 261 g/mol. The fourth-order valence-electron chi connectivity index (χ4n) is 3.37. The minimum absolute atomic E-state index is 0.0936. The van der Waals surface area contributed by atoms with Crippen LogP contribution in [0.15, 0.2) is 53.3 Å². The van der Waals surface area contributed by atoms with Gasteiger partial charge < -0.3 is 4.57 Å². The average molecular weight is 261 g/mol. The van der Waals surface area contributed by atoms with Crippen molar-refractivity contribution in [1.82, 2.24) is 4.57 Å². The summed E-state index contributed by atoms with van der Waals surface area (Å²) in [5.41, 5.74) is 5.04. The molecule has 1 aliphatic carbocycles. The van der Waals surface area contributed by atoms with Gasteiger partial charge in [-0.2, -0.15) is 0 Å². The predicted octanol–water partition coefficient (Wildman–Crippen LogP) is 3.30. The second kappa shape index (κ2) is 4.07. The van der Waals surface area contributed by atoms with Crippen molar-refractivity contribution in [3.05, 3.63) is 70.0 Å². The Hall–Kier alpha value is -2.35. The molecule has 98 valence electrons. The molecule has 2 heteroatoms. The highest BCUT2D eigenvalue weighted by Gasteiger charge is 2.21. The topological polar surface area (TPSA) is 22.0 Å². The van der Waals surface area contributed by atoms with Gasteiger partial charge in [0.15, 0.2) is 0 Å². The summed E-state index contributed by atoms with van der Waals surface area (Å²) >= 11 is 0. The smallest absolute Gasteiger partial charge is 0.258 e. The largest absolute Gasteiger partial charge is 0.310 e. The third kappa shape index (κ3) is 1.42. The molecule has 0 unspecified atom stereocenters. The lowest BCUT2D eigenvalue weighted by molar-refractivity contribution is 0.835. The van der Waals surface area contributed by atoms with Crippen LogP contribution in [0, 0.1) is 0 Å². The first-order valence-corrected chi connectivity index (χ1v) is 6.96. The minimum atomic E-state index is 0.0936. The summed E-state index contributed by atoms with van der Waals surface area (Å²) in [6.07, 6.45) is 2.05. The van der Waals surface area contributed by atoms with E-state index in [1.807, 2.05) is 35.9 Å². The maximum atomic E-state index is 12.6. The first kappa shape index (κ1) is 11.5. The van der Waals surface area contributed by atoms with Crippen molar-refractivity contribution in [1.29, 1.82) is 0 Å². The van der Waals surface area contributed by atoms with Crippen molar-refractivity contribution in [3.8, 4) is 11.3 Å². The number of hydrogen-bond acceptors (Lipinski definition) is 1. The van der Waals surface area contributed by atoms with Crippen LogP contribution in [0.25, 0.3) is 22.0 Å². The van der Waals surface area contributed by atoms with Gasteiger partial charge in [0.2, 0.25) is 0 Å². The summed E-state index contributed by atoms with van der Waals surface area (Å²) < 4.78 is 1.82. The molecule has 0 N–H and O–H groups in total. The fraction of sp³-hybridized carbons (Fsp3) is 0.167. The first-order valence-electron chi connectivity index (χ1n) is 6.96. The Kier molecular flexibility index (Phi) is 2.34. The zero-order valence-corrected chi connectivity index (χ0v) is 11.4. The van der Waals surface area contributed by atoms with Gasteiger partial charge in [0, 0.05) is 18.0 Å². The normalized spacial score (nSPS) is 13.1. The van der Waals surface area contributed by atoms with E-state index in [-0.39, 0.29) is 5.56 Å². The minimum Gasteiger partial charge on any atom is -0.310 e. The SMILES string of the molecule is Cn1c2c(c3ccccc3c1=O)CCc1ccccc1-2. The number of aryl methyl sites for hydroxylation is 2. The van der Waals surface area contributed by atoms with E-state index < -0.39 is 0 Å². The lowest BCUT2D eigenvalue weighted by atomic mass is 9.86. The Balaban J connectivity index is 2.22. The van der Waals surface area contributed by atoms with Crippen molar-refractivity contribution in [2.24, 2.45) is 7.05 Å². The van der Waals surface area contributed by atoms with E-state index in [2.05, 4.69) is 24.3 Å². The summed E-state index contributed by atoms with van der Waals surface area (Å²) in [4.78, 5) is 12.6. The Labute approximate surface area is 117 Å². The molecule has 0 radical (unpaired) electrons. The fourth-order valence-corrected chi connectivity index (χ4v) is 3.37. The third-order valence-electron chi connectivity index (χ3n) is 4.33. The standard InChI is InChI=1S/C18H15NO/c1-19-17-13-7-3-2-6-12(13)10-11-15(17)14-8-4-5-9-16(14)18(19)20/h2-9H,10-11H2,1H3. The zero-order chi connectivity index (χ0) is 13.7. The van der Waals surface area contributed by atoms with Crippen molar-refractivity contribution in [2.45, 2.75) is 12.8 Å². The molecule has 2 nitrogen and oxygen atoms in total. The molecule has 1 aromatic heterocycles. The summed E-state index contributed by atoms with van der Waals surface area (Å²) in [6, 6.07) is 16.4. The number of nitrogens with zero attached hydrogens (tertiary/aromatic N) is 1. The van der Waals surface area contributed by atoms with Crippen LogP contribution in [0.1, 0.15) is 11.1 Å². The maximum Gasteiger partial charge on any atom is 0.258 e. The van der Waals surface area contributed by atoms with Crippen molar-refractivity contribution in [3.63, 3.8) is 0 Å². The molecule has 0 spiro atoms. The molecule has 0 bridgehead atoms. The highest BCUT2D eigenvalue weighted by molar-refractivity contribution is 5.91. The van der Waals surface area contributed by atoms with Crippen LogP contribution >= 0.6 is 0 Å². The van der Waals surface area contributed by atoms with Crippen molar-refractivity contribution in [2.75, 3.05) is 0 Å². The van der Waals surface area contributed by atoms with Crippen molar-refractivity contribution < 1.29 is 0 Å². The van der Waals surface area contributed by atoms with Gasteiger partial charge in [-0.3, -0.25) is 4.79 Å². The highest BCUT2D eigenvalue weighted by atomic mass is 16.1. The van der Waals surface area contributed by atoms with Gasteiger partial charge in [-0.05, 0) is 35.4 Å². The van der Waals surface area contributed by atoms with E-state index in [1.54, 1.807) is 0 Å². The van der Waals surface area contributed by atoms with E-state index >= 15 is 0 Å². The van der Waals surface area contributed by atoms with Crippen LogP contribution < -0.4 is 5.56 Å². The van der Waals surface area contributed by atoms with E-state index in [0.29, 0.717) is 0 Å². The predicted molar refractivity (Wildman–Crippen MR) is 82.0 cm³/mol. The highest BCUT2D eigenvalue weighted by Crippen LogP contribution is 2.35. The summed E-state index contributed by atoms with van der Waals surface area (Å²) in [6.45, 7) is 0. The van der Waals surface area contributed by atoms with Gasteiger partial charge in [-0.1, -0.05) is 42.5 Å². The number of rotatable bonds is 0. The molecule has 1 heterocycles. The second-order valence-corrected chi connectivity index (χ2v) is 5.39. The number of benzene rings is 2. The molecule has 0 aliphatic heterocycles. The van der Waals surface area contributed by atoms with Gasteiger partial charge in [0.05, 0.1) is 5.69 Å². The van der Waals surface area contributed by atoms with Gasteiger partial charge in [-0.25, -0.2) is 0 Å². The maximum absolute atomic E-state index is 12.6. The van der Waals surface area contributed by atoms with E-state index in [0.717, 1.165) is 29.3 Å². The molecule has 4 rings (SSSR count). The van der Waals surface area contributed by atoms with Crippen LogP contribution in [0.4, 0.5) is 0 Å². The second-order valence-electron chi connectivity index (χ2n) is 5.39. The first-order chi connectivity index (χ1) is 9.77. The Bertz CT molecular complexity index is 890. The molecule has 0 fully saturated rings. The number of pyridine rings is 1. The van der Waals surface area contributed by atoms with Crippen LogP contribution in [0.5, 0.6) is 0 Å². The Morgan fingerprint density at radius 1 is 0.900 bits per heavy atom. The van der Waals surface area contributed by atoms with Crippen LogP contribution in [-0.4, -0.2) is 4.57 Å². The molecule has 1 aliphatic rings. The molecule has 2 aromatic carbocycles. The van der Waals surface area contributed by atoms with Gasteiger partial charge >= 0.3 is 0 Å². The van der Waals surface area contributed by atoms with Crippen molar-refractivity contribution >= 4 is 10.8 Å². The van der Waals surface area contributed by atoms with E-state index in [9.17, 15) is 4.79 Å². The van der Waals surface area contributed by atoms with Crippen LogP contribution in [0.3, 0.4) is 0 Å². The van der Waals surface area contributed by atoms with E-state index in [1.165, 1.54) is 16.7 Å². The molecule has 0 saturated carbocycles. The molecule has 0 atom stereocenters. The van der Waals surface area contributed by atoms with Crippen LogP contribution in [-0.2, 0) is 19.9 Å². The quantitative estimate of drug-likeness (QED) is 0.608. The Morgan fingerprint density at radius 3 is 2.45 bits per heavy atom. The molecule has 3 aromatic rings. The summed E-state index contributed by atoms with van der Waals surface area (Å²) in [5, 5.41) is 1.94. The molecule has 20 heavy (non-hydrogen) atoms. The van der Waals surface area contributed by atoms with Gasteiger partial charge in [0.1, 0.15) is 0 Å². The van der Waals surface area contributed by atoms with Crippen LogP contribution in [0.2, 0.25) is 0 Å². The van der Waals surface area contributed by atoms with E-state index in [4.69, 9.17) is 0 Å². The molecular formula is C18H15NO. The molecular weight excluding hydrogens is 246 g/mol. The summed E-state index contributed by atoms with van der Waals surface area (Å²) in [7, 11) is 1.88. The molecule has 0 amide bonds. The third-order valence-corrected chi connectivity index (χ3v) is 4.33. The van der Waals surface area contributed by atoms with Gasteiger partial charge in [0.25, 0.3) is 5.56 Å². The molecule has 0 saturated heterocycles. The zero-order valence-electron chi connectivity index (χ0n) is 11.4. The number of hydrogen-bond donors (Lipinski definition) is 0. The Morgan fingerprint density at radius 2 is 1.60 bits per heavy atom. The van der Waals surface area contributed by atoms with Gasteiger partial charge in [-0.15, -0.1) is 0 Å². The lowest BCUT2D eigenvalue weighted by Crippen LogP contribution is -2.23. The number of aromatic nitrogens is 1. The average Bonchev–Trinajstić information content (AvgIpc) is 2.51. The lowest BCUT2D eigenvalue weighted by Gasteiger charge is -2.24.